The van der Waals surface area contributed by atoms with Crippen LogP contribution in [0.15, 0.2) is 60.8 Å². The molecule has 156 valence electrons. The van der Waals surface area contributed by atoms with E-state index >= 15 is 0 Å². The summed E-state index contributed by atoms with van der Waals surface area (Å²) in [6.45, 7) is 4.38. The van der Waals surface area contributed by atoms with E-state index in [1.165, 1.54) is 6.07 Å². The quantitative estimate of drug-likeness (QED) is 0.517. The van der Waals surface area contributed by atoms with Crippen molar-refractivity contribution in [2.24, 2.45) is 0 Å². The van der Waals surface area contributed by atoms with Gasteiger partial charge in [0.25, 0.3) is 0 Å². The summed E-state index contributed by atoms with van der Waals surface area (Å²) in [4.78, 5) is 15.3. The molecule has 6 heteroatoms. The molecule has 0 aliphatic carbocycles. The van der Waals surface area contributed by atoms with Gasteiger partial charge in [-0.2, -0.15) is 0 Å². The highest BCUT2D eigenvalue weighted by Crippen LogP contribution is 2.27. The molecule has 0 amide bonds. The van der Waals surface area contributed by atoms with Crippen molar-refractivity contribution in [3.8, 4) is 16.9 Å². The molecule has 1 N–H and O–H groups in total. The zero-order valence-corrected chi connectivity index (χ0v) is 17.0. The van der Waals surface area contributed by atoms with E-state index in [0.29, 0.717) is 17.9 Å². The van der Waals surface area contributed by atoms with Crippen LogP contribution in [0.1, 0.15) is 36.3 Å². The Morgan fingerprint density at radius 2 is 1.90 bits per heavy atom. The van der Waals surface area contributed by atoms with E-state index in [4.69, 9.17) is 14.6 Å². The number of carbonyl (C=O) groups is 1. The van der Waals surface area contributed by atoms with Crippen LogP contribution in [0, 0.1) is 12.7 Å². The monoisotopic (exact) mass is 409 g/mol. The molecule has 0 unspecified atom stereocenters. The number of halogens is 1. The van der Waals surface area contributed by atoms with E-state index in [1.807, 2.05) is 19.9 Å². The van der Waals surface area contributed by atoms with Crippen LogP contribution >= 0.6 is 0 Å². The number of ether oxygens (including phenoxy) is 2. The van der Waals surface area contributed by atoms with E-state index in [2.05, 4.69) is 4.98 Å². The first-order valence-electron chi connectivity index (χ1n) is 9.74. The fraction of sp³-hybridized carbons (Fsp3) is 0.250. The summed E-state index contributed by atoms with van der Waals surface area (Å²) in [5.41, 5.74) is 3.61. The maximum Gasteiger partial charge on any atom is 0.306 e. The van der Waals surface area contributed by atoms with Gasteiger partial charge in [0.2, 0.25) is 0 Å². The number of pyridine rings is 1. The second kappa shape index (κ2) is 9.98. The summed E-state index contributed by atoms with van der Waals surface area (Å²) >= 11 is 0. The average Bonchev–Trinajstić information content (AvgIpc) is 2.73. The van der Waals surface area contributed by atoms with Crippen LogP contribution in [0.3, 0.4) is 0 Å². The van der Waals surface area contributed by atoms with Crippen molar-refractivity contribution in [1.29, 1.82) is 0 Å². The largest absolute Gasteiger partial charge is 0.489 e. The lowest BCUT2D eigenvalue weighted by Gasteiger charge is -2.16. The van der Waals surface area contributed by atoms with Crippen LogP contribution in [-0.4, -0.2) is 22.7 Å². The highest BCUT2D eigenvalue weighted by Gasteiger charge is 2.16. The first kappa shape index (κ1) is 21.5. The fourth-order valence-electron chi connectivity index (χ4n) is 3.22. The lowest BCUT2D eigenvalue weighted by molar-refractivity contribution is -0.140. The van der Waals surface area contributed by atoms with Gasteiger partial charge >= 0.3 is 5.97 Å². The van der Waals surface area contributed by atoms with Crippen molar-refractivity contribution in [3.63, 3.8) is 0 Å². The Morgan fingerprint density at radius 1 is 1.13 bits per heavy atom. The molecule has 0 spiro atoms. The third kappa shape index (κ3) is 5.42. The number of aliphatic carboxylic acids is 1. The van der Waals surface area contributed by atoms with Crippen molar-refractivity contribution in [2.75, 3.05) is 6.61 Å². The summed E-state index contributed by atoms with van der Waals surface area (Å²) in [6.07, 6.45) is 1.09. The third-order valence-corrected chi connectivity index (χ3v) is 4.71. The standard InChI is InChI=1S/C24H24FNO4/c1-3-29-23(14-24(27)28)18-7-9-19(10-8-18)30-15-17-6-11-22(25)21(13-17)20-5-4-12-26-16(20)2/h4-13,23H,3,14-15H2,1-2H3,(H,27,28)/t23-/m0/s1. The molecule has 2 aromatic carbocycles. The summed E-state index contributed by atoms with van der Waals surface area (Å²) in [5, 5.41) is 9.04. The van der Waals surface area contributed by atoms with Crippen LogP contribution in [0.4, 0.5) is 4.39 Å². The molecule has 5 nitrogen and oxygen atoms in total. The molecule has 1 atom stereocenters. The van der Waals surface area contributed by atoms with Crippen molar-refractivity contribution < 1.29 is 23.8 Å². The van der Waals surface area contributed by atoms with Gasteiger partial charge < -0.3 is 14.6 Å². The Morgan fingerprint density at radius 3 is 2.57 bits per heavy atom. The number of carboxylic acids is 1. The SMILES string of the molecule is CCO[C@@H](CC(=O)O)c1ccc(OCc2ccc(F)c(-c3cccnc3C)c2)cc1. The molecular weight excluding hydrogens is 385 g/mol. The first-order valence-corrected chi connectivity index (χ1v) is 9.74. The minimum absolute atomic E-state index is 0.0971. The molecule has 0 bridgehead atoms. The number of carboxylic acid groups (broad SMARTS) is 1. The molecule has 30 heavy (non-hydrogen) atoms. The molecule has 0 saturated heterocycles. The minimum Gasteiger partial charge on any atom is -0.489 e. The van der Waals surface area contributed by atoms with Crippen molar-refractivity contribution >= 4 is 5.97 Å². The van der Waals surface area contributed by atoms with Gasteiger partial charge in [-0.15, -0.1) is 0 Å². The highest BCUT2D eigenvalue weighted by atomic mass is 19.1. The van der Waals surface area contributed by atoms with Gasteiger partial charge in [0.1, 0.15) is 18.2 Å². The zero-order chi connectivity index (χ0) is 21.5. The number of rotatable bonds is 9. The molecule has 0 aliphatic heterocycles. The van der Waals surface area contributed by atoms with Gasteiger partial charge in [0.05, 0.1) is 12.5 Å². The van der Waals surface area contributed by atoms with Gasteiger partial charge in [-0.25, -0.2) is 4.39 Å². The maximum absolute atomic E-state index is 14.3. The Balaban J connectivity index is 1.71. The van der Waals surface area contributed by atoms with Gasteiger partial charge in [-0.1, -0.05) is 24.3 Å². The van der Waals surface area contributed by atoms with Crippen LogP contribution in [0.5, 0.6) is 5.75 Å². The molecule has 0 saturated carbocycles. The first-order chi connectivity index (χ1) is 14.5. The summed E-state index contributed by atoms with van der Waals surface area (Å²) < 4.78 is 25.7. The molecule has 0 aliphatic rings. The fourth-order valence-corrected chi connectivity index (χ4v) is 3.22. The van der Waals surface area contributed by atoms with Crippen LogP contribution in [-0.2, 0) is 16.1 Å². The molecule has 1 heterocycles. The van der Waals surface area contributed by atoms with Crippen LogP contribution < -0.4 is 4.74 Å². The highest BCUT2D eigenvalue weighted by molar-refractivity contribution is 5.68. The number of hydrogen-bond acceptors (Lipinski definition) is 4. The number of nitrogens with zero attached hydrogens (tertiary/aromatic N) is 1. The molecule has 3 aromatic rings. The van der Waals surface area contributed by atoms with E-state index in [0.717, 1.165) is 22.4 Å². The zero-order valence-electron chi connectivity index (χ0n) is 17.0. The topological polar surface area (TPSA) is 68.7 Å². The Labute approximate surface area is 175 Å². The second-order valence-electron chi connectivity index (χ2n) is 6.85. The third-order valence-electron chi connectivity index (χ3n) is 4.71. The normalized spacial score (nSPS) is 11.8. The molecule has 0 radical (unpaired) electrons. The molecular formula is C24H24FNO4. The van der Waals surface area contributed by atoms with Crippen molar-refractivity contribution in [3.05, 3.63) is 83.4 Å². The van der Waals surface area contributed by atoms with Gasteiger partial charge in [0, 0.05) is 29.6 Å². The summed E-state index contributed by atoms with van der Waals surface area (Å²) in [5.74, 6) is -0.586. The van der Waals surface area contributed by atoms with E-state index in [9.17, 15) is 9.18 Å². The smallest absolute Gasteiger partial charge is 0.306 e. The van der Waals surface area contributed by atoms with E-state index in [1.54, 1.807) is 48.7 Å². The lowest BCUT2D eigenvalue weighted by atomic mass is 10.0. The van der Waals surface area contributed by atoms with Gasteiger partial charge in [0.15, 0.2) is 0 Å². The minimum atomic E-state index is -0.912. The predicted molar refractivity (Wildman–Crippen MR) is 112 cm³/mol. The second-order valence-corrected chi connectivity index (χ2v) is 6.85. The predicted octanol–water partition coefficient (Wildman–Crippen LogP) is 5.33. The van der Waals surface area contributed by atoms with E-state index < -0.39 is 12.1 Å². The van der Waals surface area contributed by atoms with Crippen molar-refractivity contribution in [1.82, 2.24) is 4.98 Å². The Bertz CT molecular complexity index is 1000. The van der Waals surface area contributed by atoms with Crippen molar-refractivity contribution in [2.45, 2.75) is 33.0 Å². The lowest BCUT2D eigenvalue weighted by Crippen LogP contribution is -2.10. The van der Waals surface area contributed by atoms with Gasteiger partial charge in [-0.05, 0) is 55.3 Å². The van der Waals surface area contributed by atoms with Crippen LogP contribution in [0.25, 0.3) is 11.1 Å². The summed E-state index contributed by atoms with van der Waals surface area (Å²) in [7, 11) is 0. The number of aromatic nitrogens is 1. The Kier molecular flexibility index (Phi) is 7.14. The summed E-state index contributed by atoms with van der Waals surface area (Å²) in [6, 6.07) is 15.7. The van der Waals surface area contributed by atoms with Crippen LogP contribution in [0.2, 0.25) is 0 Å². The maximum atomic E-state index is 14.3. The Hall–Kier alpha value is -3.25. The average molecular weight is 409 g/mol. The van der Waals surface area contributed by atoms with Gasteiger partial charge in [-0.3, -0.25) is 9.78 Å². The number of aryl methyl sites for hydroxylation is 1. The number of benzene rings is 2. The molecule has 0 fully saturated rings. The number of hydrogen-bond donors (Lipinski definition) is 1. The molecule has 1 aromatic heterocycles. The van der Waals surface area contributed by atoms with E-state index in [-0.39, 0.29) is 18.8 Å². The molecule has 3 rings (SSSR count).